The van der Waals surface area contributed by atoms with Crippen LogP contribution in [0.2, 0.25) is 36.3 Å². The fourth-order valence-electron chi connectivity index (χ4n) is 8.04. The van der Waals surface area contributed by atoms with Gasteiger partial charge in [0.25, 0.3) is 0 Å². The zero-order chi connectivity index (χ0) is 33.5. The third-order valence-electron chi connectivity index (χ3n) is 12.9. The molecule has 0 spiro atoms. The Bertz CT molecular complexity index is 1060. The largest absolute Gasteiger partial charge is 0.413 e. The lowest BCUT2D eigenvalue weighted by Crippen LogP contribution is -2.49. The van der Waals surface area contributed by atoms with E-state index in [1.165, 1.54) is 49.7 Å². The van der Waals surface area contributed by atoms with Crippen molar-refractivity contribution >= 4 is 16.6 Å². The molecule has 3 rings (SSSR count). The molecule has 0 aliphatic heterocycles. The second-order valence-electron chi connectivity index (χ2n) is 19.0. The summed E-state index contributed by atoms with van der Waals surface area (Å²) in [5, 5.41) is 10.6. The Morgan fingerprint density at radius 3 is 2.11 bits per heavy atom. The maximum Gasteiger partial charge on any atom is 0.192 e. The standard InChI is InChI=1S/C39H72O3Si2/c1-28(18-16-24-38(9,10)40)33-22-23-34-30(19-17-25-39(33,34)11)20-21-31-26-32(41-43(12,13)36(3,4)5)27-35(29(31)2)42-44(14,15)37(6,7)8/h20-21,28,32-35,40H,2,16-19,22-27H2,1,3-15H3/t28?,32?,33?,34?,35?,39-/m1/s1. The van der Waals surface area contributed by atoms with Gasteiger partial charge in [-0.2, -0.15) is 0 Å². The van der Waals surface area contributed by atoms with Crippen molar-refractivity contribution in [3.63, 3.8) is 0 Å². The molecule has 0 radical (unpaired) electrons. The van der Waals surface area contributed by atoms with E-state index in [0.29, 0.717) is 17.3 Å². The van der Waals surface area contributed by atoms with Gasteiger partial charge in [-0.15, -0.1) is 0 Å². The van der Waals surface area contributed by atoms with Gasteiger partial charge in [-0.1, -0.05) is 92.5 Å². The predicted molar refractivity (Wildman–Crippen MR) is 196 cm³/mol. The van der Waals surface area contributed by atoms with Gasteiger partial charge in [0, 0.05) is 6.42 Å². The molecule has 0 aromatic carbocycles. The van der Waals surface area contributed by atoms with Crippen LogP contribution in [0.1, 0.15) is 133 Å². The molecule has 44 heavy (non-hydrogen) atoms. The van der Waals surface area contributed by atoms with E-state index in [9.17, 15) is 5.11 Å². The molecule has 3 fully saturated rings. The van der Waals surface area contributed by atoms with Crippen LogP contribution in [-0.2, 0) is 8.85 Å². The molecular weight excluding hydrogens is 573 g/mol. The molecule has 1 N–H and O–H groups in total. The van der Waals surface area contributed by atoms with Gasteiger partial charge in [-0.25, -0.2) is 0 Å². The minimum absolute atomic E-state index is 0.0290. The molecule has 0 amide bonds. The minimum Gasteiger partial charge on any atom is -0.413 e. The highest BCUT2D eigenvalue weighted by atomic mass is 28.4. The molecule has 0 saturated heterocycles. The monoisotopic (exact) mass is 645 g/mol. The van der Waals surface area contributed by atoms with Crippen LogP contribution in [0.15, 0.2) is 35.5 Å². The van der Waals surface area contributed by atoms with Crippen LogP contribution >= 0.6 is 0 Å². The topological polar surface area (TPSA) is 38.7 Å². The quantitative estimate of drug-likeness (QED) is 0.240. The highest BCUT2D eigenvalue weighted by Gasteiger charge is 2.50. The van der Waals surface area contributed by atoms with Crippen molar-refractivity contribution in [2.45, 2.75) is 188 Å². The summed E-state index contributed by atoms with van der Waals surface area (Å²) in [6.07, 6.45) is 16.8. The van der Waals surface area contributed by atoms with E-state index in [-0.39, 0.29) is 22.3 Å². The van der Waals surface area contributed by atoms with Crippen LogP contribution in [0.3, 0.4) is 0 Å². The fourth-order valence-corrected chi connectivity index (χ4v) is 10.7. The van der Waals surface area contributed by atoms with Gasteiger partial charge >= 0.3 is 0 Å². The lowest BCUT2D eigenvalue weighted by Gasteiger charge is -2.46. The van der Waals surface area contributed by atoms with Crippen LogP contribution < -0.4 is 0 Å². The summed E-state index contributed by atoms with van der Waals surface area (Å²) in [6.45, 7) is 37.2. The van der Waals surface area contributed by atoms with Crippen LogP contribution in [-0.4, -0.2) is 39.6 Å². The number of allylic oxidation sites excluding steroid dienone is 3. The first-order chi connectivity index (χ1) is 19.9. The molecule has 3 aliphatic carbocycles. The van der Waals surface area contributed by atoms with Gasteiger partial charge in [-0.05, 0) is 129 Å². The SMILES string of the molecule is C=C1C(=CC=C2CCC[C@@]3(C)C2CCC3C(C)CCCC(C)(C)O)CC(O[Si](C)(C)C(C)(C)C)CC1O[Si](C)(C)C(C)(C)C. The Hall–Kier alpha value is -0.466. The van der Waals surface area contributed by atoms with Crippen LogP contribution in [0.5, 0.6) is 0 Å². The number of aliphatic hydroxyl groups is 1. The third kappa shape index (κ3) is 8.91. The molecule has 6 atom stereocenters. The molecule has 3 aliphatic rings. The van der Waals surface area contributed by atoms with Crippen LogP contribution in [0, 0.1) is 23.2 Å². The molecule has 254 valence electrons. The first-order valence-corrected chi connectivity index (χ1v) is 23.9. The summed E-state index contributed by atoms with van der Waals surface area (Å²) in [7, 11) is -3.89. The normalized spacial score (nSPS) is 31.9. The Labute approximate surface area is 276 Å². The zero-order valence-electron chi connectivity index (χ0n) is 31.6. The van der Waals surface area contributed by atoms with Crippen molar-refractivity contribution in [3.8, 4) is 0 Å². The summed E-state index contributed by atoms with van der Waals surface area (Å²) >= 11 is 0. The molecular formula is C39H72O3Si2. The average molecular weight is 645 g/mol. The van der Waals surface area contributed by atoms with Gasteiger partial charge in [-0.3, -0.25) is 0 Å². The summed E-state index contributed by atoms with van der Waals surface area (Å²) in [5.41, 5.74) is 4.04. The third-order valence-corrected chi connectivity index (χ3v) is 21.9. The van der Waals surface area contributed by atoms with E-state index in [1.807, 2.05) is 13.8 Å². The van der Waals surface area contributed by atoms with Crippen molar-refractivity contribution in [1.29, 1.82) is 0 Å². The van der Waals surface area contributed by atoms with E-state index in [4.69, 9.17) is 8.85 Å². The van der Waals surface area contributed by atoms with E-state index in [0.717, 1.165) is 31.6 Å². The second kappa shape index (κ2) is 13.6. The zero-order valence-corrected chi connectivity index (χ0v) is 33.6. The van der Waals surface area contributed by atoms with Crippen molar-refractivity contribution in [2.24, 2.45) is 23.2 Å². The van der Waals surface area contributed by atoms with Gasteiger partial charge in [0.1, 0.15) is 0 Å². The van der Waals surface area contributed by atoms with E-state index < -0.39 is 22.2 Å². The molecule has 3 nitrogen and oxygen atoms in total. The highest BCUT2D eigenvalue weighted by Crippen LogP contribution is 2.60. The van der Waals surface area contributed by atoms with Crippen molar-refractivity contribution in [3.05, 3.63) is 35.5 Å². The van der Waals surface area contributed by atoms with Crippen molar-refractivity contribution < 1.29 is 14.0 Å². The van der Waals surface area contributed by atoms with Gasteiger partial charge in [0.05, 0.1) is 17.8 Å². The molecule has 0 aromatic heterocycles. The lowest BCUT2D eigenvalue weighted by molar-refractivity contribution is 0.0596. The number of fused-ring (bicyclic) bond motifs is 1. The molecule has 3 saturated carbocycles. The Kier molecular flexibility index (Phi) is 11.7. The second-order valence-corrected chi connectivity index (χ2v) is 28.6. The Balaban J connectivity index is 1.86. The first-order valence-electron chi connectivity index (χ1n) is 18.0. The maximum atomic E-state index is 10.2. The number of rotatable bonds is 10. The highest BCUT2D eigenvalue weighted by molar-refractivity contribution is 6.74. The first kappa shape index (κ1) is 38.0. The molecule has 5 heteroatoms. The summed E-state index contributed by atoms with van der Waals surface area (Å²) in [4.78, 5) is 0. The molecule has 0 heterocycles. The molecule has 0 aromatic rings. The van der Waals surface area contributed by atoms with Crippen molar-refractivity contribution in [1.82, 2.24) is 0 Å². The Morgan fingerprint density at radius 1 is 0.955 bits per heavy atom. The van der Waals surface area contributed by atoms with Crippen molar-refractivity contribution in [2.75, 3.05) is 0 Å². The van der Waals surface area contributed by atoms with Gasteiger partial charge < -0.3 is 14.0 Å². The van der Waals surface area contributed by atoms with Crippen LogP contribution in [0.4, 0.5) is 0 Å². The number of hydrogen-bond acceptors (Lipinski definition) is 3. The average Bonchev–Trinajstić information content (AvgIpc) is 3.20. The molecule has 0 bridgehead atoms. The minimum atomic E-state index is -1.97. The van der Waals surface area contributed by atoms with Gasteiger partial charge in [0.2, 0.25) is 0 Å². The van der Waals surface area contributed by atoms with E-state index in [2.05, 4.69) is 100 Å². The number of hydrogen-bond donors (Lipinski definition) is 1. The maximum absolute atomic E-state index is 10.2. The lowest BCUT2D eigenvalue weighted by atomic mass is 9.60. The van der Waals surface area contributed by atoms with E-state index in [1.54, 1.807) is 5.57 Å². The van der Waals surface area contributed by atoms with Crippen LogP contribution in [0.25, 0.3) is 0 Å². The van der Waals surface area contributed by atoms with Gasteiger partial charge in [0.15, 0.2) is 16.6 Å². The Morgan fingerprint density at radius 2 is 1.55 bits per heavy atom. The smallest absolute Gasteiger partial charge is 0.192 e. The fraction of sp³-hybridized carbons (Fsp3) is 0.846. The molecule has 5 unspecified atom stereocenters. The summed E-state index contributed by atoms with van der Waals surface area (Å²) in [5.74, 6) is 2.18. The van der Waals surface area contributed by atoms with E-state index >= 15 is 0 Å². The summed E-state index contributed by atoms with van der Waals surface area (Å²) < 4.78 is 14.2. The predicted octanol–water partition coefficient (Wildman–Crippen LogP) is 11.8. The summed E-state index contributed by atoms with van der Waals surface area (Å²) in [6, 6.07) is 0.